The van der Waals surface area contributed by atoms with Crippen LogP contribution < -0.4 is 10.2 Å². The number of likely N-dealkylation sites (tertiary alicyclic amines) is 1. The van der Waals surface area contributed by atoms with Crippen LogP contribution in [0, 0.1) is 11.2 Å². The van der Waals surface area contributed by atoms with Crippen LogP contribution in [0.1, 0.15) is 83.7 Å². The number of hydrogen-bond donors (Lipinski definition) is 1. The summed E-state index contributed by atoms with van der Waals surface area (Å²) >= 11 is 1.57. The lowest BCUT2D eigenvalue weighted by Crippen LogP contribution is -2.50. The molecule has 4 amide bonds. The number of nitrogens with one attached hydrogen (secondary N) is 1. The van der Waals surface area contributed by atoms with Crippen LogP contribution in [0.5, 0.6) is 0 Å². The van der Waals surface area contributed by atoms with Crippen LogP contribution in [0.4, 0.5) is 20.6 Å². The summed E-state index contributed by atoms with van der Waals surface area (Å²) in [6, 6.07) is 13.6. The number of piperazine rings is 1. The van der Waals surface area contributed by atoms with Crippen molar-refractivity contribution in [3.63, 3.8) is 0 Å². The minimum atomic E-state index is -0.442. The fourth-order valence-electron chi connectivity index (χ4n) is 7.35. The lowest BCUT2D eigenvalue weighted by molar-refractivity contribution is -0.132. The first-order chi connectivity index (χ1) is 23.8. The maximum absolute atomic E-state index is 15.8. The fraction of sp³-hybridized carbons (Fsp3) is 0.615. The highest BCUT2D eigenvalue weighted by molar-refractivity contribution is 8.00. The maximum Gasteiger partial charge on any atom is 0.322 e. The molecule has 5 rings (SSSR count). The number of anilines is 2. The molecule has 3 heterocycles. The number of piperidine rings is 1. The molecule has 0 aromatic heterocycles. The van der Waals surface area contributed by atoms with Crippen molar-refractivity contribution in [2.75, 3.05) is 62.6 Å². The number of nitrogens with zero attached hydrogens (tertiary/aromatic N) is 5. The Balaban J connectivity index is 1.26. The highest BCUT2D eigenvalue weighted by Gasteiger charge is 2.34. The van der Waals surface area contributed by atoms with Gasteiger partial charge in [0.2, 0.25) is 12.3 Å². The van der Waals surface area contributed by atoms with Crippen molar-refractivity contribution in [1.29, 1.82) is 0 Å². The van der Waals surface area contributed by atoms with Gasteiger partial charge in [-0.2, -0.15) is 0 Å². The molecule has 2 aromatic carbocycles. The molecule has 3 aliphatic heterocycles. The van der Waals surface area contributed by atoms with E-state index >= 15 is 4.39 Å². The van der Waals surface area contributed by atoms with Crippen molar-refractivity contribution in [1.82, 2.24) is 19.6 Å². The lowest BCUT2D eigenvalue weighted by Gasteiger charge is -2.41. The second-order valence-electron chi connectivity index (χ2n) is 15.6. The number of carbonyl (C=O) groups excluding carboxylic acids is 3. The predicted molar refractivity (Wildman–Crippen MR) is 202 cm³/mol. The highest BCUT2D eigenvalue weighted by atomic mass is 32.2. The SMILES string of the molecule is CC(C)N1CCN(c2c(F)cccc2[C@@H](S[C@H](C)CC(=O)N2CCC(N3CCc4ccccc4NC3=O)CC2)N(C=O)CCC(C)(C)C)CC1. The number of hydrogen-bond acceptors (Lipinski definition) is 6. The van der Waals surface area contributed by atoms with Crippen molar-refractivity contribution >= 4 is 41.5 Å². The average molecular weight is 709 g/mol. The molecule has 2 saturated heterocycles. The number of halogens is 1. The van der Waals surface area contributed by atoms with E-state index in [1.165, 1.54) is 6.07 Å². The molecule has 0 unspecified atom stereocenters. The predicted octanol–water partition coefficient (Wildman–Crippen LogP) is 6.84. The molecule has 274 valence electrons. The summed E-state index contributed by atoms with van der Waals surface area (Å²) in [6.45, 7) is 18.4. The van der Waals surface area contributed by atoms with Gasteiger partial charge in [0, 0.05) is 87.4 Å². The third kappa shape index (κ3) is 9.51. The molecular formula is C39H57FN6O3S. The summed E-state index contributed by atoms with van der Waals surface area (Å²) in [5.41, 5.74) is 3.39. The standard InChI is InChI=1S/C39H57FN6O3S/c1-28(2)42-22-24-44(25-23-42)36-32(11-9-12-33(36)40)37(45(27-47)21-17-39(4,5)6)50-29(3)26-35(48)43-18-15-31(16-19-43)46-20-14-30-10-7-8-13-34(30)41-38(46)49/h7-13,27-29,31,37H,14-26H2,1-6H3,(H,41,49)/t29-,37-/m1/s1. The zero-order valence-electron chi connectivity index (χ0n) is 30.9. The average Bonchev–Trinajstić information content (AvgIpc) is 3.25. The Morgan fingerprint density at radius 2 is 1.70 bits per heavy atom. The molecule has 1 N–H and O–H groups in total. The van der Waals surface area contributed by atoms with E-state index in [4.69, 9.17) is 0 Å². The summed E-state index contributed by atoms with van der Waals surface area (Å²) in [5, 5.41) is 2.51. The van der Waals surface area contributed by atoms with E-state index in [2.05, 4.69) is 55.8 Å². The van der Waals surface area contributed by atoms with E-state index in [-0.39, 0.29) is 34.5 Å². The van der Waals surface area contributed by atoms with Gasteiger partial charge in [-0.1, -0.05) is 58.0 Å². The first-order valence-corrected chi connectivity index (χ1v) is 19.4. The molecule has 0 radical (unpaired) electrons. The van der Waals surface area contributed by atoms with Crippen LogP contribution in [-0.4, -0.2) is 108 Å². The first-order valence-electron chi connectivity index (χ1n) is 18.4. The summed E-state index contributed by atoms with van der Waals surface area (Å²) in [7, 11) is 0. The van der Waals surface area contributed by atoms with Gasteiger partial charge in [-0.25, -0.2) is 9.18 Å². The summed E-state index contributed by atoms with van der Waals surface area (Å²) in [6.07, 6.45) is 4.29. The summed E-state index contributed by atoms with van der Waals surface area (Å²) in [4.78, 5) is 49.7. The van der Waals surface area contributed by atoms with Crippen molar-refractivity contribution in [2.45, 2.75) is 96.4 Å². The number of fused-ring (bicyclic) bond motifs is 1. The summed E-state index contributed by atoms with van der Waals surface area (Å²) in [5.74, 6) is -0.201. The van der Waals surface area contributed by atoms with Gasteiger partial charge in [0.25, 0.3) is 0 Å². The Bertz CT molecular complexity index is 1470. The number of urea groups is 1. The molecule has 2 aromatic rings. The van der Waals surface area contributed by atoms with E-state index in [0.29, 0.717) is 57.4 Å². The number of benzene rings is 2. The van der Waals surface area contributed by atoms with E-state index < -0.39 is 5.37 Å². The van der Waals surface area contributed by atoms with E-state index in [1.54, 1.807) is 22.7 Å². The maximum atomic E-state index is 15.8. The molecule has 3 aliphatic rings. The molecule has 0 saturated carbocycles. The Kier molecular flexibility index (Phi) is 12.7. The van der Waals surface area contributed by atoms with Crippen molar-refractivity contribution in [3.8, 4) is 0 Å². The number of para-hydroxylation sites is 2. The zero-order valence-corrected chi connectivity index (χ0v) is 31.7. The third-order valence-electron chi connectivity index (χ3n) is 10.4. The van der Waals surface area contributed by atoms with Gasteiger partial charge in [-0.3, -0.25) is 14.5 Å². The van der Waals surface area contributed by atoms with E-state index in [1.807, 2.05) is 41.0 Å². The molecule has 11 heteroatoms. The number of rotatable bonds is 12. The van der Waals surface area contributed by atoms with Gasteiger partial charge in [0.05, 0.1) is 5.69 Å². The molecule has 0 bridgehead atoms. The van der Waals surface area contributed by atoms with E-state index in [0.717, 1.165) is 62.0 Å². The highest BCUT2D eigenvalue weighted by Crippen LogP contribution is 2.42. The smallest absolute Gasteiger partial charge is 0.322 e. The third-order valence-corrected chi connectivity index (χ3v) is 11.8. The molecule has 2 fully saturated rings. The Hall–Kier alpha value is -3.31. The van der Waals surface area contributed by atoms with Gasteiger partial charge >= 0.3 is 6.03 Å². The van der Waals surface area contributed by atoms with Crippen LogP contribution in [0.2, 0.25) is 0 Å². The monoisotopic (exact) mass is 708 g/mol. The van der Waals surface area contributed by atoms with Gasteiger partial charge in [-0.05, 0) is 62.6 Å². The van der Waals surface area contributed by atoms with Gasteiger partial charge < -0.3 is 24.9 Å². The second kappa shape index (κ2) is 16.8. The topological polar surface area (TPSA) is 79.4 Å². The molecule has 9 nitrogen and oxygen atoms in total. The quantitative estimate of drug-likeness (QED) is 0.192. The van der Waals surface area contributed by atoms with Crippen molar-refractivity contribution < 1.29 is 18.8 Å². The zero-order chi connectivity index (χ0) is 36.0. The number of amides is 4. The van der Waals surface area contributed by atoms with Crippen molar-refractivity contribution in [2.24, 2.45) is 5.41 Å². The Morgan fingerprint density at radius 3 is 2.36 bits per heavy atom. The van der Waals surface area contributed by atoms with Gasteiger partial charge in [0.15, 0.2) is 0 Å². The molecule has 0 spiro atoms. The molecule has 0 aliphatic carbocycles. The minimum Gasteiger partial charge on any atom is -0.366 e. The van der Waals surface area contributed by atoms with Crippen molar-refractivity contribution in [3.05, 3.63) is 59.4 Å². The largest absolute Gasteiger partial charge is 0.366 e. The molecular weight excluding hydrogens is 652 g/mol. The van der Waals surface area contributed by atoms with Crippen LogP contribution in [0.25, 0.3) is 0 Å². The number of carbonyl (C=O) groups is 3. The second-order valence-corrected chi connectivity index (χ2v) is 17.1. The van der Waals surface area contributed by atoms with Crippen LogP contribution in [0.15, 0.2) is 42.5 Å². The Morgan fingerprint density at radius 1 is 1.00 bits per heavy atom. The molecule has 50 heavy (non-hydrogen) atoms. The number of thioether (sulfide) groups is 1. The Labute approximate surface area is 302 Å². The van der Waals surface area contributed by atoms with Gasteiger partial charge in [-0.15, -0.1) is 11.8 Å². The summed E-state index contributed by atoms with van der Waals surface area (Å²) < 4.78 is 15.8. The fourth-order valence-corrected chi connectivity index (χ4v) is 8.68. The molecule has 2 atom stereocenters. The lowest BCUT2D eigenvalue weighted by atomic mass is 9.92. The normalized spacial score (nSPS) is 19.1. The van der Waals surface area contributed by atoms with E-state index in [9.17, 15) is 14.4 Å². The van der Waals surface area contributed by atoms with Gasteiger partial charge in [0.1, 0.15) is 11.2 Å². The van der Waals surface area contributed by atoms with Crippen LogP contribution in [-0.2, 0) is 16.0 Å². The first kappa shape index (κ1) is 37.9. The van der Waals surface area contributed by atoms with Crippen LogP contribution in [0.3, 0.4) is 0 Å². The minimum absolute atomic E-state index is 0.0140. The van der Waals surface area contributed by atoms with Crippen LogP contribution >= 0.6 is 11.8 Å².